The number of nitrogens with two attached hydrogens (primary N) is 3. The maximum Gasteiger partial charge on any atom is 0.402 e. The van der Waals surface area contributed by atoms with E-state index in [-0.39, 0.29) is 5.17 Å². The molecule has 0 fully saturated rings. The Hall–Kier alpha value is -1.39. The van der Waals surface area contributed by atoms with Crippen molar-refractivity contribution >= 4 is 40.9 Å². The van der Waals surface area contributed by atoms with Gasteiger partial charge in [0.15, 0.2) is 0 Å². The second kappa shape index (κ2) is 14.2. The van der Waals surface area contributed by atoms with E-state index in [0.29, 0.717) is 0 Å². The van der Waals surface area contributed by atoms with E-state index < -0.39 is 11.3 Å². The molecule has 9 N–H and O–H groups in total. The largest absolute Gasteiger partial charge is 0.487 e. The monoisotopic (exact) mass is 244 g/mol. The van der Waals surface area contributed by atoms with Gasteiger partial charge in [-0.15, -0.1) is 0 Å². The van der Waals surface area contributed by atoms with Gasteiger partial charge < -0.3 is 32.3 Å². The van der Waals surface area contributed by atoms with Crippen molar-refractivity contribution in [2.75, 3.05) is 7.05 Å². The first-order chi connectivity index (χ1) is 6.23. The average molecular weight is 244 g/mol. The second-order valence-electron chi connectivity index (χ2n) is 1.30. The summed E-state index contributed by atoms with van der Waals surface area (Å²) in [7, 11) is 1.58. The molecule has 0 aromatic heterocycles. The van der Waals surface area contributed by atoms with Crippen molar-refractivity contribution in [1.29, 1.82) is 0 Å². The molecule has 0 rings (SSSR count). The summed E-state index contributed by atoms with van der Waals surface area (Å²) in [5.41, 5.74) is 15.6. The number of carbonyl (C=O) groups is 1. The second-order valence-corrected chi connectivity index (χ2v) is 2.12. The fourth-order valence-corrected chi connectivity index (χ4v) is 0.184. The minimum atomic E-state index is -1.33. The molecule has 84 valence electrons. The molecule has 0 saturated carbocycles. The molecule has 14 heavy (non-hydrogen) atoms. The maximum absolute atomic E-state index is 8.78. The van der Waals surface area contributed by atoms with Crippen LogP contribution in [-0.4, -0.2) is 33.7 Å². The van der Waals surface area contributed by atoms with Crippen LogP contribution in [0.15, 0.2) is 0 Å². The van der Waals surface area contributed by atoms with Crippen molar-refractivity contribution in [3.63, 3.8) is 0 Å². The van der Waals surface area contributed by atoms with Crippen LogP contribution in [0.5, 0.6) is 0 Å². The van der Waals surface area contributed by atoms with Gasteiger partial charge in [-0.25, -0.2) is 4.79 Å². The zero-order chi connectivity index (χ0) is 12.1. The first kappa shape index (κ1) is 18.4. The molecule has 0 aliphatic rings. The molecule has 0 aromatic rings. The summed E-state index contributed by atoms with van der Waals surface area (Å²) < 4.78 is 0. The van der Waals surface area contributed by atoms with E-state index in [1.54, 1.807) is 7.05 Å². The number of hydrogen-bond donors (Lipinski definition) is 6. The van der Waals surface area contributed by atoms with Crippen molar-refractivity contribution in [1.82, 2.24) is 5.48 Å². The Balaban J connectivity index is -0.000000135. The summed E-state index contributed by atoms with van der Waals surface area (Å²) in [5.74, 6) is 0. The highest BCUT2D eigenvalue weighted by Crippen LogP contribution is 1.58. The van der Waals surface area contributed by atoms with Crippen LogP contribution in [0.4, 0.5) is 4.79 Å². The van der Waals surface area contributed by atoms with Crippen LogP contribution in [0.1, 0.15) is 0 Å². The van der Waals surface area contributed by atoms with Gasteiger partial charge in [-0.1, -0.05) is 0 Å². The van der Waals surface area contributed by atoms with Gasteiger partial charge in [0, 0.05) is 7.05 Å². The Labute approximate surface area is 91.0 Å². The number of carboxylic acid groups (broad SMARTS) is 1. The summed E-state index contributed by atoms with van der Waals surface area (Å²) >= 11 is 8.16. The lowest BCUT2D eigenvalue weighted by Crippen LogP contribution is -2.20. The number of amides is 1. The topological polar surface area (TPSA) is 157 Å². The van der Waals surface area contributed by atoms with Gasteiger partial charge in [0.1, 0.15) is 0 Å². The smallest absolute Gasteiger partial charge is 0.402 e. The lowest BCUT2D eigenvalue weighted by molar-refractivity contribution is 0.205. The molecule has 0 aliphatic carbocycles. The van der Waals surface area contributed by atoms with Crippen molar-refractivity contribution in [3.8, 4) is 0 Å². The number of hydrogen-bond acceptors (Lipinski definition) is 5. The molecule has 0 spiro atoms. The standard InChI is InChI=1S/C2H6N2OS.CH3NO2.CH3NOS/c1-4-5-2(3)6;2*2-1(3)4/h4H,1H3,(H2,3,6);2H2,(H,3,4);(H3,2,3,4). The highest BCUT2D eigenvalue weighted by molar-refractivity contribution is 7.80. The van der Waals surface area contributed by atoms with E-state index in [1.807, 2.05) is 0 Å². The summed E-state index contributed by atoms with van der Waals surface area (Å²) in [4.78, 5) is 13.1. The molecular formula is C4H12N4O4S2. The highest BCUT2D eigenvalue weighted by atomic mass is 32.1. The quantitative estimate of drug-likeness (QED) is 0.246. The van der Waals surface area contributed by atoms with Gasteiger partial charge in [0.2, 0.25) is 0 Å². The zero-order valence-electron chi connectivity index (χ0n) is 7.26. The summed E-state index contributed by atoms with van der Waals surface area (Å²) in [6.45, 7) is 0. The Bertz CT molecular complexity index is 168. The molecule has 8 nitrogen and oxygen atoms in total. The van der Waals surface area contributed by atoms with Crippen LogP contribution in [0.3, 0.4) is 0 Å². The first-order valence-corrected chi connectivity index (χ1v) is 3.65. The molecule has 0 aliphatic heterocycles. The Morgan fingerprint density at radius 3 is 1.50 bits per heavy atom. The predicted octanol–water partition coefficient (Wildman–Crippen LogP) is -1.21. The minimum Gasteiger partial charge on any atom is -0.487 e. The maximum atomic E-state index is 8.78. The fraction of sp³-hybridized carbons (Fsp3) is 0.250. The third-order valence-corrected chi connectivity index (χ3v) is 0.286. The van der Waals surface area contributed by atoms with E-state index in [0.717, 1.165) is 0 Å². The SMILES string of the molecule is CNOC(N)=S.NC(=O)O.NC(O)=S. The van der Waals surface area contributed by atoms with Crippen molar-refractivity contribution in [2.24, 2.45) is 17.2 Å². The average Bonchev–Trinajstić information content (AvgIpc) is 1.82. The van der Waals surface area contributed by atoms with E-state index in [9.17, 15) is 0 Å². The van der Waals surface area contributed by atoms with Gasteiger partial charge in [-0.2, -0.15) is 5.48 Å². The zero-order valence-corrected chi connectivity index (χ0v) is 8.89. The summed E-state index contributed by atoms with van der Waals surface area (Å²) in [6, 6.07) is 0. The number of thiocarbonyl (C=S) groups is 2. The molecule has 0 atom stereocenters. The van der Waals surface area contributed by atoms with Gasteiger partial charge >= 0.3 is 6.09 Å². The van der Waals surface area contributed by atoms with Crippen LogP contribution in [0.2, 0.25) is 0 Å². The van der Waals surface area contributed by atoms with Crippen molar-refractivity contribution in [2.45, 2.75) is 0 Å². The first-order valence-electron chi connectivity index (χ1n) is 2.83. The molecule has 10 heteroatoms. The van der Waals surface area contributed by atoms with E-state index >= 15 is 0 Å². The fourth-order valence-electron chi connectivity index (χ4n) is 0.101. The molecule has 0 bridgehead atoms. The molecule has 0 saturated heterocycles. The predicted molar refractivity (Wildman–Crippen MR) is 58.6 cm³/mol. The normalized spacial score (nSPS) is 6.64. The van der Waals surface area contributed by atoms with Gasteiger partial charge in [-0.05, 0) is 24.4 Å². The highest BCUT2D eigenvalue weighted by Gasteiger charge is 1.76. The van der Waals surface area contributed by atoms with Crippen LogP contribution in [-0.2, 0) is 4.84 Å². The molecule has 0 aromatic carbocycles. The minimum absolute atomic E-state index is 0.0116. The molecule has 0 radical (unpaired) electrons. The third kappa shape index (κ3) is 378. The Morgan fingerprint density at radius 2 is 1.50 bits per heavy atom. The van der Waals surface area contributed by atoms with E-state index in [1.165, 1.54) is 0 Å². The van der Waals surface area contributed by atoms with Crippen LogP contribution in [0, 0.1) is 0 Å². The van der Waals surface area contributed by atoms with Crippen molar-refractivity contribution in [3.05, 3.63) is 0 Å². The number of rotatable bonds is 1. The number of primary amides is 1. The van der Waals surface area contributed by atoms with Crippen LogP contribution < -0.4 is 22.7 Å². The molecular weight excluding hydrogens is 232 g/mol. The number of hydroxylamine groups is 1. The van der Waals surface area contributed by atoms with E-state index in [2.05, 4.69) is 46.2 Å². The summed E-state index contributed by atoms with van der Waals surface area (Å²) in [6.07, 6.45) is -1.33. The van der Waals surface area contributed by atoms with E-state index in [4.69, 9.17) is 20.7 Å². The number of nitrogens with one attached hydrogen (secondary N) is 1. The van der Waals surface area contributed by atoms with Crippen molar-refractivity contribution < 1.29 is 19.8 Å². The third-order valence-electron chi connectivity index (χ3n) is 0.203. The lowest BCUT2D eigenvalue weighted by atomic mass is 11.3. The Kier molecular flexibility index (Phi) is 18.6. The lowest BCUT2D eigenvalue weighted by Gasteiger charge is -1.93. The van der Waals surface area contributed by atoms with Gasteiger partial charge in [-0.3, -0.25) is 0 Å². The van der Waals surface area contributed by atoms with Gasteiger partial charge in [0.05, 0.1) is 0 Å². The van der Waals surface area contributed by atoms with Gasteiger partial charge in [0.25, 0.3) is 10.3 Å². The Morgan fingerprint density at radius 1 is 1.29 bits per heavy atom. The molecule has 1 amide bonds. The number of aliphatic hydroxyl groups excluding tert-OH is 1. The van der Waals surface area contributed by atoms with Crippen LogP contribution in [0.25, 0.3) is 0 Å². The summed E-state index contributed by atoms with van der Waals surface area (Å²) in [5, 5.41) is 14.3. The number of aliphatic hydroxyl groups is 1. The van der Waals surface area contributed by atoms with Crippen LogP contribution >= 0.6 is 24.4 Å². The molecule has 0 unspecified atom stereocenters. The molecule has 0 heterocycles.